The molecule has 2 rings (SSSR count). The summed E-state index contributed by atoms with van der Waals surface area (Å²) >= 11 is 0. The van der Waals surface area contributed by atoms with Crippen LogP contribution in [-0.2, 0) is 0 Å². The molecule has 0 radical (unpaired) electrons. The molecule has 0 spiro atoms. The first-order valence-corrected chi connectivity index (χ1v) is 5.18. The maximum absolute atomic E-state index is 13.4. The highest BCUT2D eigenvalue weighted by Crippen LogP contribution is 2.64. The molecule has 0 N–H and O–H groups in total. The Morgan fingerprint density at radius 1 is 1.12 bits per heavy atom. The van der Waals surface area contributed by atoms with E-state index in [9.17, 15) is 17.6 Å². The summed E-state index contributed by atoms with van der Waals surface area (Å²) in [5.41, 5.74) is 0.183. The summed E-state index contributed by atoms with van der Waals surface area (Å²) in [6.07, 6.45) is 0. The molecule has 1 saturated carbocycles. The van der Waals surface area contributed by atoms with Crippen molar-refractivity contribution in [2.75, 3.05) is 0 Å². The van der Waals surface area contributed by atoms with Gasteiger partial charge in [0.25, 0.3) is 5.92 Å². The summed E-state index contributed by atoms with van der Waals surface area (Å²) in [4.78, 5) is 0. The quantitative estimate of drug-likeness (QED) is 0.677. The predicted octanol–water partition coefficient (Wildman–Crippen LogP) is 3.97. The molecule has 0 nitrogen and oxygen atoms in total. The van der Waals surface area contributed by atoms with E-state index in [1.807, 2.05) is 0 Å². The van der Waals surface area contributed by atoms with Gasteiger partial charge in [0.05, 0.1) is 5.92 Å². The van der Waals surface area contributed by atoms with Crippen molar-refractivity contribution in [3.63, 3.8) is 0 Å². The first-order chi connectivity index (χ1) is 7.35. The monoisotopic (exact) mass is 232 g/mol. The summed E-state index contributed by atoms with van der Waals surface area (Å²) in [6.45, 7) is 3.41. The highest BCUT2D eigenvalue weighted by molar-refractivity contribution is 5.33. The third kappa shape index (κ3) is 1.60. The minimum Gasteiger partial charge on any atom is -0.206 e. The van der Waals surface area contributed by atoms with Gasteiger partial charge in [-0.3, -0.25) is 0 Å². The van der Waals surface area contributed by atoms with Gasteiger partial charge in [0, 0.05) is 5.92 Å². The maximum atomic E-state index is 13.4. The Hall–Kier alpha value is -1.06. The fourth-order valence-electron chi connectivity index (χ4n) is 2.32. The van der Waals surface area contributed by atoms with Crippen LogP contribution in [0.15, 0.2) is 18.2 Å². The average Bonchev–Trinajstić information content (AvgIpc) is 2.74. The van der Waals surface area contributed by atoms with Crippen LogP contribution in [0.1, 0.15) is 25.3 Å². The Morgan fingerprint density at radius 3 is 2.19 bits per heavy atom. The Bertz CT molecular complexity index is 411. The van der Waals surface area contributed by atoms with Crippen LogP contribution in [0.5, 0.6) is 0 Å². The Labute approximate surface area is 91.3 Å². The lowest BCUT2D eigenvalue weighted by Gasteiger charge is -2.01. The SMILES string of the molecule is CC(C)[C@@H]1[C@@H](c2ccc(F)c(F)c2)C1(F)F. The molecular weight excluding hydrogens is 220 g/mol. The molecule has 0 unspecified atom stereocenters. The first kappa shape index (κ1) is 11.4. The molecule has 88 valence electrons. The third-order valence-electron chi connectivity index (χ3n) is 3.13. The van der Waals surface area contributed by atoms with Gasteiger partial charge in [0.1, 0.15) is 0 Å². The number of hydrogen-bond acceptors (Lipinski definition) is 0. The predicted molar refractivity (Wildman–Crippen MR) is 52.4 cm³/mol. The van der Waals surface area contributed by atoms with E-state index < -0.39 is 29.4 Å². The van der Waals surface area contributed by atoms with Gasteiger partial charge in [-0.2, -0.15) is 0 Å². The van der Waals surface area contributed by atoms with Crippen LogP contribution in [-0.4, -0.2) is 5.92 Å². The van der Waals surface area contributed by atoms with Crippen LogP contribution < -0.4 is 0 Å². The molecule has 0 bridgehead atoms. The zero-order valence-electron chi connectivity index (χ0n) is 8.98. The fraction of sp³-hybridized carbons (Fsp3) is 0.500. The zero-order valence-corrected chi connectivity index (χ0v) is 8.98. The zero-order chi connectivity index (χ0) is 12.1. The number of benzene rings is 1. The van der Waals surface area contributed by atoms with Crippen molar-refractivity contribution in [3.8, 4) is 0 Å². The van der Waals surface area contributed by atoms with Crippen molar-refractivity contribution in [2.45, 2.75) is 25.7 Å². The number of halogens is 4. The molecule has 1 aliphatic rings. The molecule has 4 heteroatoms. The van der Waals surface area contributed by atoms with Gasteiger partial charge in [0.15, 0.2) is 11.6 Å². The van der Waals surface area contributed by atoms with Crippen molar-refractivity contribution in [3.05, 3.63) is 35.4 Å². The molecule has 0 saturated heterocycles. The molecule has 0 aliphatic heterocycles. The molecular formula is C12H12F4. The summed E-state index contributed by atoms with van der Waals surface area (Å²) < 4.78 is 52.4. The molecule has 1 aromatic rings. The van der Waals surface area contributed by atoms with Gasteiger partial charge in [-0.1, -0.05) is 19.9 Å². The summed E-state index contributed by atoms with van der Waals surface area (Å²) in [5.74, 6) is -6.78. The third-order valence-corrected chi connectivity index (χ3v) is 3.13. The first-order valence-electron chi connectivity index (χ1n) is 5.18. The van der Waals surface area contributed by atoms with Crippen LogP contribution in [0.2, 0.25) is 0 Å². The molecule has 0 aromatic heterocycles. The second-order valence-corrected chi connectivity index (χ2v) is 4.60. The van der Waals surface area contributed by atoms with Crippen LogP contribution in [0.25, 0.3) is 0 Å². The Kier molecular flexibility index (Phi) is 2.48. The van der Waals surface area contributed by atoms with Crippen LogP contribution in [0, 0.1) is 23.5 Å². The maximum Gasteiger partial charge on any atom is 0.259 e. The molecule has 1 aliphatic carbocycles. The van der Waals surface area contributed by atoms with Gasteiger partial charge in [-0.15, -0.1) is 0 Å². The number of hydrogen-bond donors (Lipinski definition) is 0. The Morgan fingerprint density at radius 2 is 1.75 bits per heavy atom. The van der Waals surface area contributed by atoms with Crippen molar-refractivity contribution in [1.82, 2.24) is 0 Å². The van der Waals surface area contributed by atoms with E-state index in [0.717, 1.165) is 12.1 Å². The lowest BCUT2D eigenvalue weighted by atomic mass is 10.0. The van der Waals surface area contributed by atoms with Crippen LogP contribution >= 0.6 is 0 Å². The molecule has 0 heterocycles. The van der Waals surface area contributed by atoms with Gasteiger partial charge in [0.2, 0.25) is 0 Å². The summed E-state index contributed by atoms with van der Waals surface area (Å²) in [7, 11) is 0. The van der Waals surface area contributed by atoms with Crippen molar-refractivity contribution in [1.29, 1.82) is 0 Å². The second-order valence-electron chi connectivity index (χ2n) is 4.60. The summed E-state index contributed by atoms with van der Waals surface area (Å²) in [6, 6.07) is 3.01. The van der Waals surface area contributed by atoms with E-state index in [2.05, 4.69) is 0 Å². The van der Waals surface area contributed by atoms with Crippen molar-refractivity contribution in [2.24, 2.45) is 11.8 Å². The van der Waals surface area contributed by atoms with E-state index >= 15 is 0 Å². The highest BCUT2D eigenvalue weighted by Gasteiger charge is 2.69. The second kappa shape index (κ2) is 3.47. The Balaban J connectivity index is 2.30. The minimum absolute atomic E-state index is 0.173. The molecule has 1 fully saturated rings. The molecule has 16 heavy (non-hydrogen) atoms. The largest absolute Gasteiger partial charge is 0.259 e. The number of alkyl halides is 2. The number of rotatable bonds is 2. The summed E-state index contributed by atoms with van der Waals surface area (Å²) in [5, 5.41) is 0. The van der Waals surface area contributed by atoms with Crippen LogP contribution in [0.4, 0.5) is 17.6 Å². The van der Waals surface area contributed by atoms with E-state index in [-0.39, 0.29) is 11.5 Å². The fourth-order valence-corrected chi connectivity index (χ4v) is 2.32. The van der Waals surface area contributed by atoms with Crippen LogP contribution in [0.3, 0.4) is 0 Å². The van der Waals surface area contributed by atoms with Crippen molar-refractivity contribution >= 4 is 0 Å². The van der Waals surface area contributed by atoms with Gasteiger partial charge in [-0.05, 0) is 23.6 Å². The minimum atomic E-state index is -2.79. The standard InChI is InChI=1S/C12H12F4/c1-6(2)10-11(12(10,15)16)7-3-4-8(13)9(14)5-7/h3-6,10-11H,1-2H3/t10-,11-/m1/s1. The van der Waals surface area contributed by atoms with Gasteiger partial charge >= 0.3 is 0 Å². The van der Waals surface area contributed by atoms with E-state index in [1.165, 1.54) is 6.07 Å². The van der Waals surface area contributed by atoms with Gasteiger partial charge < -0.3 is 0 Å². The highest BCUT2D eigenvalue weighted by atomic mass is 19.3. The molecule has 2 atom stereocenters. The van der Waals surface area contributed by atoms with E-state index in [0.29, 0.717) is 0 Å². The topological polar surface area (TPSA) is 0 Å². The normalized spacial score (nSPS) is 27.2. The average molecular weight is 232 g/mol. The van der Waals surface area contributed by atoms with Gasteiger partial charge in [-0.25, -0.2) is 17.6 Å². The molecule has 0 amide bonds. The lowest BCUT2D eigenvalue weighted by molar-refractivity contribution is 0.0843. The lowest BCUT2D eigenvalue weighted by Crippen LogP contribution is -1.99. The van der Waals surface area contributed by atoms with E-state index in [1.54, 1.807) is 13.8 Å². The smallest absolute Gasteiger partial charge is 0.206 e. The van der Waals surface area contributed by atoms with E-state index in [4.69, 9.17) is 0 Å². The molecule has 1 aromatic carbocycles. The van der Waals surface area contributed by atoms with Crippen molar-refractivity contribution < 1.29 is 17.6 Å².